The molecule has 0 aliphatic carbocycles. The quantitative estimate of drug-likeness (QED) is 0.411. The molecule has 5 heteroatoms. The van der Waals surface area contributed by atoms with Crippen LogP contribution in [0.4, 0.5) is 0 Å². The van der Waals surface area contributed by atoms with Gasteiger partial charge in [-0.15, -0.1) is 0 Å². The molecule has 1 fully saturated rings. The lowest BCUT2D eigenvalue weighted by atomic mass is 9.92. The first kappa shape index (κ1) is 15.4. The minimum atomic E-state index is -0.445. The number of carbonyl (C=O) groups excluding carboxylic acids is 1. The van der Waals surface area contributed by atoms with Gasteiger partial charge >= 0.3 is 0 Å². The summed E-state index contributed by atoms with van der Waals surface area (Å²) in [5.41, 5.74) is 1.80. The molecule has 18 heavy (non-hydrogen) atoms. The van der Waals surface area contributed by atoms with Gasteiger partial charge in [0, 0.05) is 19.1 Å². The monoisotopic (exact) mass is 256 g/mol. The Morgan fingerprint density at radius 3 is 2.78 bits per heavy atom. The highest BCUT2D eigenvalue weighted by atomic mass is 16.2. The highest BCUT2D eigenvalue weighted by Crippen LogP contribution is 2.20. The summed E-state index contributed by atoms with van der Waals surface area (Å²) in [4.78, 5) is 16.4. The fraction of sp³-hybridized carbons (Fsp3) is 0.923. The van der Waals surface area contributed by atoms with Crippen molar-refractivity contribution in [1.29, 1.82) is 0 Å². The van der Waals surface area contributed by atoms with E-state index in [1.807, 2.05) is 13.8 Å². The third-order valence-electron chi connectivity index (χ3n) is 3.84. The Morgan fingerprint density at radius 2 is 2.22 bits per heavy atom. The van der Waals surface area contributed by atoms with Gasteiger partial charge in [0.25, 0.3) is 0 Å². The molecule has 5 nitrogen and oxygen atoms in total. The first-order valence-corrected chi connectivity index (χ1v) is 6.84. The predicted octanol–water partition coefficient (Wildman–Crippen LogP) is 0.419. The zero-order chi connectivity index (χ0) is 13.8. The van der Waals surface area contributed by atoms with Crippen LogP contribution in [0.1, 0.15) is 33.6 Å². The van der Waals surface area contributed by atoms with Crippen molar-refractivity contribution < 1.29 is 4.79 Å². The molecule has 1 saturated heterocycles. The second kappa shape index (κ2) is 6.50. The Kier molecular flexibility index (Phi) is 5.56. The van der Waals surface area contributed by atoms with Crippen LogP contribution in [0.3, 0.4) is 0 Å². The summed E-state index contributed by atoms with van der Waals surface area (Å²) >= 11 is 0. The third kappa shape index (κ3) is 3.93. The molecule has 0 aromatic heterocycles. The maximum Gasteiger partial charge on any atom is 0.240 e. The predicted molar refractivity (Wildman–Crippen MR) is 73.9 cm³/mol. The topological polar surface area (TPSA) is 61.6 Å². The van der Waals surface area contributed by atoms with E-state index < -0.39 is 5.41 Å². The van der Waals surface area contributed by atoms with Crippen LogP contribution in [-0.4, -0.2) is 55.0 Å². The number of carbonyl (C=O) groups is 1. The molecule has 0 bridgehead atoms. The molecule has 1 heterocycles. The molecular weight excluding hydrogens is 228 g/mol. The number of likely N-dealkylation sites (N-methyl/N-ethyl adjacent to an activating group) is 2. The summed E-state index contributed by atoms with van der Waals surface area (Å²) in [5, 5.41) is 0. The van der Waals surface area contributed by atoms with Gasteiger partial charge in [-0.25, -0.2) is 5.84 Å². The molecule has 1 aliphatic rings. The van der Waals surface area contributed by atoms with Crippen LogP contribution in [0, 0.1) is 5.41 Å². The van der Waals surface area contributed by atoms with Gasteiger partial charge in [-0.2, -0.15) is 0 Å². The van der Waals surface area contributed by atoms with Gasteiger partial charge in [-0.3, -0.25) is 15.1 Å². The maximum absolute atomic E-state index is 11.7. The first-order valence-electron chi connectivity index (χ1n) is 6.84. The molecule has 0 aromatic carbocycles. The van der Waals surface area contributed by atoms with E-state index in [1.54, 1.807) is 0 Å². The summed E-state index contributed by atoms with van der Waals surface area (Å²) in [6.07, 6.45) is 2.56. The maximum atomic E-state index is 11.7. The molecule has 0 saturated carbocycles. The second-order valence-electron chi connectivity index (χ2n) is 5.98. The Hall–Kier alpha value is -0.650. The van der Waals surface area contributed by atoms with Gasteiger partial charge in [0.05, 0.1) is 5.41 Å². The molecule has 1 unspecified atom stereocenters. The number of amides is 1. The second-order valence-corrected chi connectivity index (χ2v) is 5.98. The van der Waals surface area contributed by atoms with Gasteiger partial charge in [0.2, 0.25) is 5.91 Å². The minimum absolute atomic E-state index is 0.104. The molecule has 1 aliphatic heterocycles. The van der Waals surface area contributed by atoms with Crippen LogP contribution in [0.15, 0.2) is 0 Å². The van der Waals surface area contributed by atoms with Gasteiger partial charge in [-0.05, 0) is 46.8 Å². The lowest BCUT2D eigenvalue weighted by molar-refractivity contribution is -0.130. The molecule has 1 amide bonds. The average molecular weight is 256 g/mol. The number of rotatable bonds is 6. The van der Waals surface area contributed by atoms with Crippen LogP contribution in [0.2, 0.25) is 0 Å². The molecule has 1 atom stereocenters. The van der Waals surface area contributed by atoms with Gasteiger partial charge in [-0.1, -0.05) is 6.92 Å². The van der Waals surface area contributed by atoms with Crippen molar-refractivity contribution in [2.45, 2.75) is 39.7 Å². The van der Waals surface area contributed by atoms with Crippen molar-refractivity contribution in [2.75, 3.05) is 33.2 Å². The van der Waals surface area contributed by atoms with Crippen LogP contribution in [0.25, 0.3) is 0 Å². The number of nitrogens with two attached hydrogens (primary N) is 1. The van der Waals surface area contributed by atoms with Crippen molar-refractivity contribution in [1.82, 2.24) is 15.2 Å². The van der Waals surface area contributed by atoms with E-state index in [9.17, 15) is 4.79 Å². The van der Waals surface area contributed by atoms with E-state index in [2.05, 4.69) is 29.2 Å². The van der Waals surface area contributed by atoms with Crippen LogP contribution in [0.5, 0.6) is 0 Å². The first-order chi connectivity index (χ1) is 8.40. The summed E-state index contributed by atoms with van der Waals surface area (Å²) < 4.78 is 0. The minimum Gasteiger partial charge on any atom is -0.304 e. The van der Waals surface area contributed by atoms with E-state index in [0.717, 1.165) is 19.6 Å². The van der Waals surface area contributed by atoms with E-state index in [0.29, 0.717) is 6.04 Å². The summed E-state index contributed by atoms with van der Waals surface area (Å²) in [7, 11) is 2.08. The Morgan fingerprint density at radius 1 is 1.56 bits per heavy atom. The fourth-order valence-corrected chi connectivity index (χ4v) is 2.88. The van der Waals surface area contributed by atoms with Crippen molar-refractivity contribution in [3.8, 4) is 0 Å². The van der Waals surface area contributed by atoms with E-state index in [-0.39, 0.29) is 5.91 Å². The summed E-state index contributed by atoms with van der Waals surface area (Å²) in [6.45, 7) is 10.1. The van der Waals surface area contributed by atoms with Crippen molar-refractivity contribution >= 4 is 5.91 Å². The zero-order valence-corrected chi connectivity index (χ0v) is 12.2. The van der Waals surface area contributed by atoms with E-state index >= 15 is 0 Å². The standard InChI is InChI=1S/C13H28N4O/c1-5-17-8-6-7-11(17)9-16(4)10-13(2,3)12(18)15-14/h11H,5-10,14H2,1-4H3,(H,15,18). The van der Waals surface area contributed by atoms with Crippen LogP contribution < -0.4 is 11.3 Å². The largest absolute Gasteiger partial charge is 0.304 e. The highest BCUT2D eigenvalue weighted by molar-refractivity contribution is 5.81. The normalized spacial score (nSPS) is 21.6. The SMILES string of the molecule is CCN1CCCC1CN(C)CC(C)(C)C(=O)NN. The van der Waals surface area contributed by atoms with Crippen molar-refractivity contribution in [3.63, 3.8) is 0 Å². The van der Waals surface area contributed by atoms with Gasteiger partial charge in [0.15, 0.2) is 0 Å². The third-order valence-corrected chi connectivity index (χ3v) is 3.84. The fourth-order valence-electron chi connectivity index (χ4n) is 2.88. The zero-order valence-electron chi connectivity index (χ0n) is 12.2. The Bertz CT molecular complexity index is 280. The molecule has 0 aromatic rings. The summed E-state index contributed by atoms with van der Waals surface area (Å²) in [6, 6.07) is 0.636. The Balaban J connectivity index is 2.46. The van der Waals surface area contributed by atoms with Gasteiger partial charge < -0.3 is 4.90 Å². The smallest absolute Gasteiger partial charge is 0.240 e. The molecule has 0 radical (unpaired) electrons. The number of nitrogens with one attached hydrogen (secondary N) is 1. The van der Waals surface area contributed by atoms with Crippen LogP contribution in [-0.2, 0) is 4.79 Å². The average Bonchev–Trinajstić information content (AvgIpc) is 2.74. The lowest BCUT2D eigenvalue weighted by Gasteiger charge is -2.32. The number of hydrogen-bond acceptors (Lipinski definition) is 4. The Labute approximate surface area is 111 Å². The van der Waals surface area contributed by atoms with Gasteiger partial charge in [0.1, 0.15) is 0 Å². The number of hydrogen-bond donors (Lipinski definition) is 2. The molecule has 3 N–H and O–H groups in total. The van der Waals surface area contributed by atoms with Crippen LogP contribution >= 0.6 is 0 Å². The molecule has 106 valence electrons. The van der Waals surface area contributed by atoms with E-state index in [1.165, 1.54) is 19.4 Å². The highest BCUT2D eigenvalue weighted by Gasteiger charge is 2.30. The van der Waals surface area contributed by atoms with Crippen molar-refractivity contribution in [3.05, 3.63) is 0 Å². The van der Waals surface area contributed by atoms with Crippen molar-refractivity contribution in [2.24, 2.45) is 11.3 Å². The molecule has 1 rings (SSSR count). The lowest BCUT2D eigenvalue weighted by Crippen LogP contribution is -2.48. The van der Waals surface area contributed by atoms with E-state index in [4.69, 9.17) is 5.84 Å². The molecular formula is C13H28N4O. The molecule has 0 spiro atoms. The number of likely N-dealkylation sites (tertiary alicyclic amines) is 1. The number of nitrogens with zero attached hydrogens (tertiary/aromatic N) is 2. The number of hydrazine groups is 1. The summed E-state index contributed by atoms with van der Waals surface area (Å²) in [5.74, 6) is 5.11.